The molecule has 3 aromatic rings. The number of fused-ring (bicyclic) bond motifs is 1. The number of aromatic nitrogens is 2. The van der Waals surface area contributed by atoms with Gasteiger partial charge in [0.1, 0.15) is 0 Å². The number of nitrogens with one attached hydrogen (secondary N) is 2. The van der Waals surface area contributed by atoms with Gasteiger partial charge in [0.05, 0.1) is 5.52 Å². The standard InChI is InChI=1S/C22H25N3O3/c1-14-12-16(15(2)25(14)18-6-4-3-5-7-18)8-11-21(26)23-17-9-10-20-19(13-17)24-22(27)28-20/h8-13,18H,3-7H2,1-2H3,(H,23,26)(H,24,27)/b11-8+. The molecule has 28 heavy (non-hydrogen) atoms. The number of aryl methyl sites for hydroxylation is 1. The molecule has 1 aliphatic rings. The van der Waals surface area contributed by atoms with Gasteiger partial charge < -0.3 is 14.3 Å². The highest BCUT2D eigenvalue weighted by atomic mass is 16.4. The molecule has 0 radical (unpaired) electrons. The number of hydrogen-bond donors (Lipinski definition) is 2. The fraction of sp³-hybridized carbons (Fsp3) is 0.364. The largest absolute Gasteiger partial charge is 0.417 e. The van der Waals surface area contributed by atoms with Crippen molar-refractivity contribution in [3.05, 3.63) is 57.8 Å². The number of oxazole rings is 1. The van der Waals surface area contributed by atoms with E-state index in [1.165, 1.54) is 43.5 Å². The summed E-state index contributed by atoms with van der Waals surface area (Å²) in [5.41, 5.74) is 5.17. The number of anilines is 1. The van der Waals surface area contributed by atoms with E-state index in [0.717, 1.165) is 5.56 Å². The van der Waals surface area contributed by atoms with Crippen LogP contribution in [-0.4, -0.2) is 15.5 Å². The summed E-state index contributed by atoms with van der Waals surface area (Å²) < 4.78 is 7.40. The van der Waals surface area contributed by atoms with Crippen LogP contribution in [0.4, 0.5) is 5.69 Å². The van der Waals surface area contributed by atoms with Crippen molar-refractivity contribution >= 4 is 28.8 Å². The Hall–Kier alpha value is -3.02. The van der Waals surface area contributed by atoms with E-state index in [4.69, 9.17) is 4.42 Å². The molecule has 6 nitrogen and oxygen atoms in total. The predicted octanol–water partition coefficient (Wildman–Crippen LogP) is 4.70. The van der Waals surface area contributed by atoms with Crippen LogP contribution >= 0.6 is 0 Å². The van der Waals surface area contributed by atoms with Gasteiger partial charge in [-0.05, 0) is 62.6 Å². The van der Waals surface area contributed by atoms with E-state index in [1.54, 1.807) is 24.3 Å². The third-order valence-electron chi connectivity index (χ3n) is 5.56. The van der Waals surface area contributed by atoms with Gasteiger partial charge in [0.2, 0.25) is 5.91 Å². The van der Waals surface area contributed by atoms with Crippen LogP contribution in [-0.2, 0) is 4.79 Å². The molecule has 0 spiro atoms. The summed E-state index contributed by atoms with van der Waals surface area (Å²) in [7, 11) is 0. The van der Waals surface area contributed by atoms with E-state index < -0.39 is 5.76 Å². The van der Waals surface area contributed by atoms with Crippen molar-refractivity contribution in [3.63, 3.8) is 0 Å². The van der Waals surface area contributed by atoms with Gasteiger partial charge in [-0.3, -0.25) is 9.78 Å². The Balaban J connectivity index is 1.48. The second-order valence-electron chi connectivity index (χ2n) is 7.54. The molecule has 0 bridgehead atoms. The summed E-state index contributed by atoms with van der Waals surface area (Å²) in [5, 5.41) is 2.82. The molecule has 0 unspecified atom stereocenters. The zero-order chi connectivity index (χ0) is 19.7. The van der Waals surface area contributed by atoms with Gasteiger partial charge >= 0.3 is 5.76 Å². The maximum absolute atomic E-state index is 12.3. The molecule has 0 aliphatic heterocycles. The minimum Gasteiger partial charge on any atom is -0.408 e. The van der Waals surface area contributed by atoms with E-state index in [9.17, 15) is 9.59 Å². The number of nitrogens with zero attached hydrogens (tertiary/aromatic N) is 1. The fourth-order valence-corrected chi connectivity index (χ4v) is 4.25. The van der Waals surface area contributed by atoms with Gasteiger partial charge in [0.15, 0.2) is 5.58 Å². The third-order valence-corrected chi connectivity index (χ3v) is 5.56. The number of rotatable bonds is 4. The molecule has 1 aliphatic carbocycles. The highest BCUT2D eigenvalue weighted by Crippen LogP contribution is 2.32. The van der Waals surface area contributed by atoms with Crippen LogP contribution in [0.1, 0.15) is 55.1 Å². The first-order valence-corrected chi connectivity index (χ1v) is 9.81. The number of carbonyl (C=O) groups is 1. The number of amides is 1. The Morgan fingerprint density at radius 1 is 1.21 bits per heavy atom. The molecule has 0 saturated heterocycles. The number of H-pyrrole nitrogens is 1. The van der Waals surface area contributed by atoms with Gasteiger partial charge in [0, 0.05) is 29.2 Å². The lowest BCUT2D eigenvalue weighted by atomic mass is 9.95. The Bertz CT molecular complexity index is 1090. The second kappa shape index (κ2) is 7.54. The molecule has 2 heterocycles. The van der Waals surface area contributed by atoms with Crippen molar-refractivity contribution in [2.75, 3.05) is 5.32 Å². The molecular weight excluding hydrogens is 354 g/mol. The SMILES string of the molecule is Cc1cc(/C=C/C(=O)Nc2ccc3oc(=O)[nH]c3c2)c(C)n1C1CCCCC1. The lowest BCUT2D eigenvalue weighted by molar-refractivity contribution is -0.111. The summed E-state index contributed by atoms with van der Waals surface area (Å²) in [6, 6.07) is 7.77. The average molecular weight is 379 g/mol. The van der Waals surface area contributed by atoms with Crippen LogP contribution in [0.5, 0.6) is 0 Å². The van der Waals surface area contributed by atoms with Crippen molar-refractivity contribution < 1.29 is 9.21 Å². The first kappa shape index (κ1) is 18.3. The Labute approximate surface area is 163 Å². The van der Waals surface area contributed by atoms with Crippen molar-refractivity contribution in [1.82, 2.24) is 9.55 Å². The summed E-state index contributed by atoms with van der Waals surface area (Å²) in [4.78, 5) is 26.1. The van der Waals surface area contributed by atoms with Crippen LogP contribution < -0.4 is 11.1 Å². The molecule has 146 valence electrons. The van der Waals surface area contributed by atoms with E-state index >= 15 is 0 Å². The fourth-order valence-electron chi connectivity index (χ4n) is 4.25. The number of hydrogen-bond acceptors (Lipinski definition) is 3. The van der Waals surface area contributed by atoms with Crippen molar-refractivity contribution in [2.24, 2.45) is 0 Å². The lowest BCUT2D eigenvalue weighted by Crippen LogP contribution is -2.15. The molecule has 1 amide bonds. The van der Waals surface area contributed by atoms with Crippen molar-refractivity contribution in [3.8, 4) is 0 Å². The van der Waals surface area contributed by atoms with Crippen LogP contribution in [0.2, 0.25) is 0 Å². The summed E-state index contributed by atoms with van der Waals surface area (Å²) in [5.74, 6) is -0.723. The monoisotopic (exact) mass is 379 g/mol. The van der Waals surface area contributed by atoms with Crippen LogP contribution in [0.25, 0.3) is 17.2 Å². The minimum absolute atomic E-state index is 0.215. The molecule has 1 aromatic carbocycles. The van der Waals surface area contributed by atoms with Gasteiger partial charge in [-0.15, -0.1) is 0 Å². The Kier molecular flexibility index (Phi) is 4.94. The summed E-state index contributed by atoms with van der Waals surface area (Å²) in [6.45, 7) is 4.27. The summed E-state index contributed by atoms with van der Waals surface area (Å²) in [6.07, 6.45) is 9.81. The summed E-state index contributed by atoms with van der Waals surface area (Å²) >= 11 is 0. The van der Waals surface area contributed by atoms with Gasteiger partial charge in [-0.2, -0.15) is 0 Å². The normalized spacial score (nSPS) is 15.5. The topological polar surface area (TPSA) is 80.0 Å². The van der Waals surface area contributed by atoms with Crippen LogP contribution in [0, 0.1) is 13.8 Å². The zero-order valence-electron chi connectivity index (χ0n) is 16.2. The molecule has 0 atom stereocenters. The van der Waals surface area contributed by atoms with E-state index in [0.29, 0.717) is 22.8 Å². The maximum Gasteiger partial charge on any atom is 0.417 e. The number of aromatic amines is 1. The third kappa shape index (κ3) is 3.67. The molecule has 2 aromatic heterocycles. The lowest BCUT2D eigenvalue weighted by Gasteiger charge is -2.26. The molecular formula is C22H25N3O3. The highest BCUT2D eigenvalue weighted by molar-refractivity contribution is 6.02. The highest BCUT2D eigenvalue weighted by Gasteiger charge is 2.19. The molecule has 6 heteroatoms. The quantitative estimate of drug-likeness (QED) is 0.645. The number of benzene rings is 1. The maximum atomic E-state index is 12.3. The first-order valence-electron chi connectivity index (χ1n) is 9.81. The van der Waals surface area contributed by atoms with E-state index in [1.807, 2.05) is 6.08 Å². The average Bonchev–Trinajstić information content (AvgIpc) is 3.18. The first-order chi connectivity index (χ1) is 13.5. The zero-order valence-corrected chi connectivity index (χ0v) is 16.2. The minimum atomic E-state index is -0.508. The van der Waals surface area contributed by atoms with E-state index in [2.05, 4.69) is 34.8 Å². The van der Waals surface area contributed by atoms with Gasteiger partial charge in [-0.1, -0.05) is 19.3 Å². The molecule has 2 N–H and O–H groups in total. The van der Waals surface area contributed by atoms with Gasteiger partial charge in [0.25, 0.3) is 0 Å². The Morgan fingerprint density at radius 3 is 2.79 bits per heavy atom. The molecule has 1 fully saturated rings. The van der Waals surface area contributed by atoms with Gasteiger partial charge in [-0.25, -0.2) is 4.79 Å². The van der Waals surface area contributed by atoms with Crippen molar-refractivity contribution in [1.29, 1.82) is 0 Å². The van der Waals surface area contributed by atoms with E-state index in [-0.39, 0.29) is 5.91 Å². The van der Waals surface area contributed by atoms with Crippen molar-refractivity contribution in [2.45, 2.75) is 52.0 Å². The Morgan fingerprint density at radius 2 is 2.00 bits per heavy atom. The number of carbonyl (C=O) groups excluding carboxylic acids is 1. The second-order valence-corrected chi connectivity index (χ2v) is 7.54. The smallest absolute Gasteiger partial charge is 0.408 e. The molecule has 1 saturated carbocycles. The van der Waals surface area contributed by atoms with Crippen LogP contribution in [0.3, 0.4) is 0 Å². The van der Waals surface area contributed by atoms with Crippen LogP contribution in [0.15, 0.2) is 39.6 Å². The molecule has 4 rings (SSSR count). The predicted molar refractivity (Wildman–Crippen MR) is 111 cm³/mol.